The van der Waals surface area contributed by atoms with Crippen molar-refractivity contribution in [3.8, 4) is 6.07 Å². The summed E-state index contributed by atoms with van der Waals surface area (Å²) >= 11 is 0. The molecular weight excluding hydrogens is 188 g/mol. The van der Waals surface area contributed by atoms with Crippen LogP contribution in [0.5, 0.6) is 0 Å². The molecule has 0 aliphatic carbocycles. The van der Waals surface area contributed by atoms with Crippen molar-refractivity contribution in [3.05, 3.63) is 0 Å². The standard InChI is InChI=1S/C12H20N2O/c1-10-5-11(2)7-14(6-10)12(3-4-13)8-15-9-12/h10-11H,3,5-9H2,1-2H3. The van der Waals surface area contributed by atoms with Crippen molar-refractivity contribution in [1.82, 2.24) is 4.90 Å². The summed E-state index contributed by atoms with van der Waals surface area (Å²) in [7, 11) is 0. The van der Waals surface area contributed by atoms with Crippen LogP contribution in [0.1, 0.15) is 26.7 Å². The fourth-order valence-electron chi connectivity index (χ4n) is 2.93. The van der Waals surface area contributed by atoms with E-state index in [0.717, 1.165) is 38.1 Å². The van der Waals surface area contributed by atoms with Crippen LogP contribution in [0.25, 0.3) is 0 Å². The summed E-state index contributed by atoms with van der Waals surface area (Å²) in [6.07, 6.45) is 1.94. The van der Waals surface area contributed by atoms with Crippen molar-refractivity contribution in [3.63, 3.8) is 0 Å². The van der Waals surface area contributed by atoms with Gasteiger partial charge in [-0.1, -0.05) is 13.8 Å². The van der Waals surface area contributed by atoms with Gasteiger partial charge in [0.1, 0.15) is 0 Å². The highest BCUT2D eigenvalue weighted by Gasteiger charge is 2.45. The topological polar surface area (TPSA) is 36.3 Å². The normalized spacial score (nSPS) is 35.5. The van der Waals surface area contributed by atoms with E-state index in [-0.39, 0.29) is 5.54 Å². The van der Waals surface area contributed by atoms with Gasteiger partial charge >= 0.3 is 0 Å². The molecule has 0 N–H and O–H groups in total. The zero-order chi connectivity index (χ0) is 10.9. The Morgan fingerprint density at radius 3 is 2.33 bits per heavy atom. The molecule has 2 aliphatic heterocycles. The first kappa shape index (κ1) is 10.9. The van der Waals surface area contributed by atoms with Gasteiger partial charge in [-0.25, -0.2) is 0 Å². The van der Waals surface area contributed by atoms with Gasteiger partial charge in [-0.2, -0.15) is 5.26 Å². The molecule has 3 nitrogen and oxygen atoms in total. The number of likely N-dealkylation sites (tertiary alicyclic amines) is 1. The van der Waals surface area contributed by atoms with E-state index in [9.17, 15) is 0 Å². The largest absolute Gasteiger partial charge is 0.377 e. The van der Waals surface area contributed by atoms with Crippen molar-refractivity contribution in [2.75, 3.05) is 26.3 Å². The summed E-state index contributed by atoms with van der Waals surface area (Å²) in [5, 5.41) is 8.90. The van der Waals surface area contributed by atoms with E-state index in [1.165, 1.54) is 6.42 Å². The molecular formula is C12H20N2O. The average Bonchev–Trinajstić information content (AvgIpc) is 2.09. The van der Waals surface area contributed by atoms with Crippen LogP contribution in [0.3, 0.4) is 0 Å². The van der Waals surface area contributed by atoms with Gasteiger partial charge in [0.05, 0.1) is 31.2 Å². The SMILES string of the molecule is CC1CC(C)CN(C2(CC#N)COC2)C1. The minimum atomic E-state index is 0.0533. The van der Waals surface area contributed by atoms with Gasteiger partial charge in [-0.15, -0.1) is 0 Å². The maximum Gasteiger partial charge on any atom is 0.0809 e. The highest BCUT2D eigenvalue weighted by molar-refractivity contribution is 5.03. The van der Waals surface area contributed by atoms with Gasteiger partial charge in [-0.3, -0.25) is 4.90 Å². The first-order chi connectivity index (χ1) is 7.16. The summed E-state index contributed by atoms with van der Waals surface area (Å²) in [5.74, 6) is 1.51. The minimum Gasteiger partial charge on any atom is -0.377 e. The highest BCUT2D eigenvalue weighted by Crippen LogP contribution is 2.34. The average molecular weight is 208 g/mol. The lowest BCUT2D eigenvalue weighted by Gasteiger charge is -2.52. The Balaban J connectivity index is 2.04. The van der Waals surface area contributed by atoms with Gasteiger partial charge in [-0.05, 0) is 18.3 Å². The van der Waals surface area contributed by atoms with E-state index in [0.29, 0.717) is 6.42 Å². The number of nitrogens with zero attached hydrogens (tertiary/aromatic N) is 2. The lowest BCUT2D eigenvalue weighted by molar-refractivity contribution is -0.152. The Hall–Kier alpha value is -0.590. The van der Waals surface area contributed by atoms with Crippen molar-refractivity contribution >= 4 is 0 Å². The third kappa shape index (κ3) is 2.02. The van der Waals surface area contributed by atoms with E-state index < -0.39 is 0 Å². The number of nitriles is 1. The van der Waals surface area contributed by atoms with E-state index in [1.54, 1.807) is 0 Å². The molecule has 2 fully saturated rings. The number of rotatable bonds is 2. The fourth-order valence-corrected chi connectivity index (χ4v) is 2.93. The second-order valence-electron chi connectivity index (χ2n) is 5.40. The van der Waals surface area contributed by atoms with E-state index in [4.69, 9.17) is 10.00 Å². The molecule has 15 heavy (non-hydrogen) atoms. The maximum atomic E-state index is 8.90. The summed E-state index contributed by atoms with van der Waals surface area (Å²) in [5.41, 5.74) is 0.0533. The minimum absolute atomic E-state index is 0.0533. The molecule has 0 aromatic carbocycles. The Morgan fingerprint density at radius 1 is 1.33 bits per heavy atom. The molecule has 0 amide bonds. The van der Waals surface area contributed by atoms with E-state index >= 15 is 0 Å². The molecule has 2 atom stereocenters. The summed E-state index contributed by atoms with van der Waals surface area (Å²) in [4.78, 5) is 2.50. The first-order valence-electron chi connectivity index (χ1n) is 5.86. The fraction of sp³-hybridized carbons (Fsp3) is 0.917. The number of hydrogen-bond acceptors (Lipinski definition) is 3. The quantitative estimate of drug-likeness (QED) is 0.692. The van der Waals surface area contributed by atoms with Gasteiger partial charge in [0, 0.05) is 13.1 Å². The molecule has 0 aromatic rings. The van der Waals surface area contributed by atoms with Gasteiger partial charge in [0.25, 0.3) is 0 Å². The van der Waals surface area contributed by atoms with Crippen molar-refractivity contribution in [2.24, 2.45) is 11.8 Å². The highest BCUT2D eigenvalue weighted by atomic mass is 16.5. The molecule has 2 saturated heterocycles. The van der Waals surface area contributed by atoms with Gasteiger partial charge < -0.3 is 4.74 Å². The first-order valence-corrected chi connectivity index (χ1v) is 5.86. The van der Waals surface area contributed by atoms with Crippen LogP contribution < -0.4 is 0 Å². The number of ether oxygens (including phenoxy) is 1. The van der Waals surface area contributed by atoms with Crippen LogP contribution >= 0.6 is 0 Å². The zero-order valence-electron chi connectivity index (χ0n) is 9.70. The van der Waals surface area contributed by atoms with Crippen molar-refractivity contribution < 1.29 is 4.74 Å². The molecule has 84 valence electrons. The van der Waals surface area contributed by atoms with E-state index in [2.05, 4.69) is 24.8 Å². The number of piperidine rings is 1. The maximum absolute atomic E-state index is 8.90. The van der Waals surface area contributed by atoms with E-state index in [1.807, 2.05) is 0 Å². The third-order valence-electron chi connectivity index (χ3n) is 3.69. The molecule has 2 heterocycles. The second-order valence-corrected chi connectivity index (χ2v) is 5.40. The lowest BCUT2D eigenvalue weighted by atomic mass is 9.84. The molecule has 0 bridgehead atoms. The monoisotopic (exact) mass is 208 g/mol. The summed E-state index contributed by atoms with van der Waals surface area (Å²) in [6.45, 7) is 8.38. The smallest absolute Gasteiger partial charge is 0.0809 e. The van der Waals surface area contributed by atoms with Gasteiger partial charge in [0.15, 0.2) is 0 Å². The van der Waals surface area contributed by atoms with Crippen LogP contribution in [0.2, 0.25) is 0 Å². The zero-order valence-corrected chi connectivity index (χ0v) is 9.70. The van der Waals surface area contributed by atoms with Crippen LogP contribution in [-0.4, -0.2) is 36.7 Å². The summed E-state index contributed by atoms with van der Waals surface area (Å²) in [6, 6.07) is 2.32. The number of hydrogen-bond donors (Lipinski definition) is 0. The van der Waals surface area contributed by atoms with Crippen LogP contribution in [-0.2, 0) is 4.74 Å². The molecule has 3 heteroatoms. The molecule has 2 aliphatic rings. The van der Waals surface area contributed by atoms with Crippen molar-refractivity contribution in [1.29, 1.82) is 5.26 Å². The van der Waals surface area contributed by atoms with Crippen LogP contribution in [0.4, 0.5) is 0 Å². The lowest BCUT2D eigenvalue weighted by Crippen LogP contribution is -2.64. The molecule has 0 spiro atoms. The van der Waals surface area contributed by atoms with Crippen LogP contribution in [0.15, 0.2) is 0 Å². The van der Waals surface area contributed by atoms with Gasteiger partial charge in [0.2, 0.25) is 0 Å². The molecule has 0 saturated carbocycles. The van der Waals surface area contributed by atoms with Crippen LogP contribution in [0, 0.1) is 23.2 Å². The Kier molecular flexibility index (Phi) is 2.99. The molecule has 0 aromatic heterocycles. The molecule has 2 rings (SSSR count). The Morgan fingerprint density at radius 2 is 1.93 bits per heavy atom. The Bertz CT molecular complexity index is 257. The summed E-state index contributed by atoms with van der Waals surface area (Å²) < 4.78 is 5.32. The molecule has 0 radical (unpaired) electrons. The predicted octanol–water partition coefficient (Wildman–Crippen LogP) is 1.65. The predicted molar refractivity (Wildman–Crippen MR) is 58.3 cm³/mol. The third-order valence-corrected chi connectivity index (χ3v) is 3.69. The Labute approximate surface area is 92.0 Å². The van der Waals surface area contributed by atoms with Crippen molar-refractivity contribution in [2.45, 2.75) is 32.2 Å². The second kappa shape index (κ2) is 4.11. The molecule has 2 unspecified atom stereocenters.